The summed E-state index contributed by atoms with van der Waals surface area (Å²) in [6, 6.07) is 2.42. The molecule has 2 amide bonds. The molecule has 0 radical (unpaired) electrons. The number of hydrogen-bond acceptors (Lipinski definition) is 4. The molecule has 6 heteroatoms. The first kappa shape index (κ1) is 14.1. The van der Waals surface area contributed by atoms with E-state index in [0.29, 0.717) is 39.4 Å². The molecule has 2 aliphatic heterocycles. The Morgan fingerprint density at radius 2 is 1.58 bits per heavy atom. The van der Waals surface area contributed by atoms with Gasteiger partial charge in [-0.05, 0) is 13.8 Å². The van der Waals surface area contributed by atoms with Crippen molar-refractivity contribution in [1.82, 2.24) is 14.7 Å². The highest BCUT2D eigenvalue weighted by atomic mass is 16.5. The zero-order valence-electron chi connectivity index (χ0n) is 11.8. The highest BCUT2D eigenvalue weighted by molar-refractivity contribution is 5.74. The lowest BCUT2D eigenvalue weighted by atomic mass is 10.0. The van der Waals surface area contributed by atoms with Crippen molar-refractivity contribution >= 4 is 6.03 Å². The first-order valence-electron chi connectivity index (χ1n) is 6.82. The van der Waals surface area contributed by atoms with E-state index >= 15 is 0 Å². The van der Waals surface area contributed by atoms with Crippen molar-refractivity contribution in [3.63, 3.8) is 0 Å². The summed E-state index contributed by atoms with van der Waals surface area (Å²) in [5.41, 5.74) is -0.450. The van der Waals surface area contributed by atoms with Gasteiger partial charge in [0.25, 0.3) is 0 Å². The van der Waals surface area contributed by atoms with Crippen LogP contribution in [0.1, 0.15) is 13.8 Å². The fourth-order valence-corrected chi connectivity index (χ4v) is 2.48. The van der Waals surface area contributed by atoms with Crippen LogP contribution in [0.3, 0.4) is 0 Å². The lowest BCUT2D eigenvalue weighted by Gasteiger charge is -2.42. The minimum absolute atomic E-state index is 0.109. The van der Waals surface area contributed by atoms with Crippen LogP contribution in [0.4, 0.5) is 4.79 Å². The lowest BCUT2D eigenvalue weighted by molar-refractivity contribution is 0.0325. The van der Waals surface area contributed by atoms with Crippen LogP contribution in [0.5, 0.6) is 0 Å². The van der Waals surface area contributed by atoms with E-state index in [2.05, 4.69) is 11.0 Å². The Morgan fingerprint density at radius 1 is 1.05 bits per heavy atom. The van der Waals surface area contributed by atoms with Gasteiger partial charge in [0.15, 0.2) is 0 Å². The Balaban J connectivity index is 1.86. The third-order valence-corrected chi connectivity index (χ3v) is 3.90. The summed E-state index contributed by atoms with van der Waals surface area (Å²) >= 11 is 0. The molecule has 2 rings (SSSR count). The second kappa shape index (κ2) is 5.76. The van der Waals surface area contributed by atoms with E-state index in [9.17, 15) is 4.79 Å². The standard InChI is InChI=1S/C13H22N4O2/c1-13(2,11-14)17-5-3-15(4-6-17)12(18)16-7-9-19-10-8-16/h3-10H2,1-2H3. The molecule has 0 aromatic heterocycles. The van der Waals surface area contributed by atoms with Crippen molar-refractivity contribution in [1.29, 1.82) is 5.26 Å². The van der Waals surface area contributed by atoms with Crippen molar-refractivity contribution in [2.45, 2.75) is 19.4 Å². The van der Waals surface area contributed by atoms with E-state index in [0.717, 1.165) is 13.1 Å². The zero-order chi connectivity index (χ0) is 13.9. The molecule has 106 valence electrons. The largest absolute Gasteiger partial charge is 0.378 e. The van der Waals surface area contributed by atoms with Crippen molar-refractivity contribution < 1.29 is 9.53 Å². The van der Waals surface area contributed by atoms with Gasteiger partial charge in [-0.2, -0.15) is 5.26 Å². The van der Waals surface area contributed by atoms with Crippen LogP contribution in [0.2, 0.25) is 0 Å². The van der Waals surface area contributed by atoms with Crippen molar-refractivity contribution in [3.05, 3.63) is 0 Å². The molecule has 2 fully saturated rings. The van der Waals surface area contributed by atoms with Crippen molar-refractivity contribution in [2.75, 3.05) is 52.5 Å². The number of piperazine rings is 1. The smallest absolute Gasteiger partial charge is 0.320 e. The number of amides is 2. The van der Waals surface area contributed by atoms with Crippen molar-refractivity contribution in [2.24, 2.45) is 0 Å². The second-order valence-corrected chi connectivity index (χ2v) is 5.53. The minimum atomic E-state index is -0.450. The molecule has 0 saturated carbocycles. The highest BCUT2D eigenvalue weighted by Gasteiger charge is 2.32. The topological polar surface area (TPSA) is 59.8 Å². The SMILES string of the molecule is CC(C)(C#N)N1CCN(C(=O)N2CCOCC2)CC1. The first-order valence-corrected chi connectivity index (χ1v) is 6.82. The van der Waals surface area contributed by atoms with Crippen LogP contribution >= 0.6 is 0 Å². The summed E-state index contributed by atoms with van der Waals surface area (Å²) in [5.74, 6) is 0. The molecule has 0 aliphatic carbocycles. The first-order chi connectivity index (χ1) is 9.04. The number of rotatable bonds is 1. The summed E-state index contributed by atoms with van der Waals surface area (Å²) < 4.78 is 5.26. The average Bonchev–Trinajstić information content (AvgIpc) is 2.47. The van der Waals surface area contributed by atoms with E-state index in [1.165, 1.54) is 0 Å². The van der Waals surface area contributed by atoms with Gasteiger partial charge in [-0.3, -0.25) is 4.90 Å². The number of carbonyl (C=O) groups is 1. The van der Waals surface area contributed by atoms with Gasteiger partial charge < -0.3 is 14.5 Å². The Labute approximate surface area is 114 Å². The molecule has 6 nitrogen and oxygen atoms in total. The molecule has 0 aromatic carbocycles. The molecule has 2 heterocycles. The number of nitrogens with zero attached hydrogens (tertiary/aromatic N) is 4. The highest BCUT2D eigenvalue weighted by Crippen LogP contribution is 2.16. The summed E-state index contributed by atoms with van der Waals surface area (Å²) in [6.45, 7) is 9.39. The van der Waals surface area contributed by atoms with Crippen LogP contribution in [0.15, 0.2) is 0 Å². The summed E-state index contributed by atoms with van der Waals surface area (Å²) in [4.78, 5) is 18.2. The molecule has 19 heavy (non-hydrogen) atoms. The number of hydrogen-bond donors (Lipinski definition) is 0. The van der Waals surface area contributed by atoms with Crippen LogP contribution in [-0.2, 0) is 4.74 Å². The van der Waals surface area contributed by atoms with E-state index in [4.69, 9.17) is 10.00 Å². The quantitative estimate of drug-likeness (QED) is 0.687. The summed E-state index contributed by atoms with van der Waals surface area (Å²) in [5, 5.41) is 9.13. The molecule has 0 N–H and O–H groups in total. The van der Waals surface area contributed by atoms with Gasteiger partial charge in [0.1, 0.15) is 5.54 Å². The Hall–Kier alpha value is -1.32. The van der Waals surface area contributed by atoms with Crippen LogP contribution in [0, 0.1) is 11.3 Å². The van der Waals surface area contributed by atoms with E-state index in [-0.39, 0.29) is 6.03 Å². The molecule has 0 bridgehead atoms. The van der Waals surface area contributed by atoms with Gasteiger partial charge in [-0.1, -0.05) is 0 Å². The molecular formula is C13H22N4O2. The predicted molar refractivity (Wildman–Crippen MR) is 70.6 cm³/mol. The third kappa shape index (κ3) is 3.17. The lowest BCUT2D eigenvalue weighted by Crippen LogP contribution is -2.58. The monoisotopic (exact) mass is 266 g/mol. The molecular weight excluding hydrogens is 244 g/mol. The number of carbonyl (C=O) groups excluding carboxylic acids is 1. The number of nitriles is 1. The zero-order valence-corrected chi connectivity index (χ0v) is 11.8. The number of ether oxygens (including phenoxy) is 1. The maximum absolute atomic E-state index is 12.3. The van der Waals surface area contributed by atoms with Gasteiger partial charge in [-0.15, -0.1) is 0 Å². The normalized spacial score (nSPS) is 22.2. The Bertz CT molecular complexity index is 363. The molecule has 2 saturated heterocycles. The van der Waals surface area contributed by atoms with Gasteiger partial charge in [0.2, 0.25) is 0 Å². The molecule has 0 atom stereocenters. The summed E-state index contributed by atoms with van der Waals surface area (Å²) in [6.07, 6.45) is 0. The predicted octanol–water partition coefficient (Wildman–Crippen LogP) is 0.358. The average molecular weight is 266 g/mol. The maximum atomic E-state index is 12.3. The molecule has 0 unspecified atom stereocenters. The Kier molecular flexibility index (Phi) is 4.27. The number of morpholine rings is 1. The summed E-state index contributed by atoms with van der Waals surface area (Å²) in [7, 11) is 0. The molecule has 0 aromatic rings. The Morgan fingerprint density at radius 3 is 2.11 bits per heavy atom. The molecule has 2 aliphatic rings. The van der Waals surface area contributed by atoms with Gasteiger partial charge >= 0.3 is 6.03 Å². The maximum Gasteiger partial charge on any atom is 0.320 e. The fourth-order valence-electron chi connectivity index (χ4n) is 2.48. The van der Waals surface area contributed by atoms with E-state index < -0.39 is 5.54 Å². The molecule has 0 spiro atoms. The third-order valence-electron chi connectivity index (χ3n) is 3.90. The van der Waals surface area contributed by atoms with Gasteiger partial charge in [-0.25, -0.2) is 4.79 Å². The number of urea groups is 1. The fraction of sp³-hybridized carbons (Fsp3) is 0.846. The van der Waals surface area contributed by atoms with Gasteiger partial charge in [0.05, 0.1) is 19.3 Å². The second-order valence-electron chi connectivity index (χ2n) is 5.53. The van der Waals surface area contributed by atoms with E-state index in [1.807, 2.05) is 23.6 Å². The minimum Gasteiger partial charge on any atom is -0.378 e. The van der Waals surface area contributed by atoms with Crippen molar-refractivity contribution in [3.8, 4) is 6.07 Å². The van der Waals surface area contributed by atoms with E-state index in [1.54, 1.807) is 0 Å². The van der Waals surface area contributed by atoms with Crippen LogP contribution in [-0.4, -0.2) is 78.8 Å². The van der Waals surface area contributed by atoms with Crippen LogP contribution in [0.25, 0.3) is 0 Å². The van der Waals surface area contributed by atoms with Gasteiger partial charge in [0, 0.05) is 39.3 Å². The van der Waals surface area contributed by atoms with Crippen LogP contribution < -0.4 is 0 Å².